The maximum atomic E-state index is 12.8. The number of rotatable bonds is 3. The molecule has 3 aromatic rings. The van der Waals surface area contributed by atoms with Gasteiger partial charge in [0, 0.05) is 24.2 Å². The minimum absolute atomic E-state index is 0.00952. The first-order chi connectivity index (χ1) is 12.0. The molecular weight excluding hydrogens is 355 g/mol. The van der Waals surface area contributed by atoms with Gasteiger partial charge in [0.25, 0.3) is 5.95 Å². The molecule has 2 atom stereocenters. The molecule has 3 aromatic heterocycles. The van der Waals surface area contributed by atoms with Gasteiger partial charge in [-0.3, -0.25) is 0 Å². The van der Waals surface area contributed by atoms with Crippen molar-refractivity contribution < 1.29 is 13.2 Å². The highest BCUT2D eigenvalue weighted by molar-refractivity contribution is 8.00. The summed E-state index contributed by atoms with van der Waals surface area (Å²) in [6.45, 7) is 0. The van der Waals surface area contributed by atoms with E-state index in [4.69, 9.17) is 0 Å². The molecule has 4 heterocycles. The van der Waals surface area contributed by atoms with E-state index in [-0.39, 0.29) is 12.5 Å². The normalized spacial score (nSPS) is 20.9. The highest BCUT2D eigenvalue weighted by Gasteiger charge is 2.45. The lowest BCUT2D eigenvalue weighted by molar-refractivity contribution is -0.128. The van der Waals surface area contributed by atoms with Gasteiger partial charge in [-0.2, -0.15) is 23.0 Å². The lowest BCUT2D eigenvalue weighted by atomic mass is 10.2. The van der Waals surface area contributed by atoms with Crippen LogP contribution in [0.1, 0.15) is 6.42 Å². The number of hydrogen-bond acceptors (Lipinski definition) is 7. The van der Waals surface area contributed by atoms with Gasteiger partial charge in [0.05, 0.1) is 11.6 Å². The fourth-order valence-corrected chi connectivity index (χ4v) is 3.90. The summed E-state index contributed by atoms with van der Waals surface area (Å²) in [6, 6.07) is 1.37. The average molecular weight is 367 g/mol. The molecule has 0 spiro atoms. The molecule has 4 rings (SSSR count). The van der Waals surface area contributed by atoms with Crippen LogP contribution in [0, 0.1) is 0 Å². The van der Waals surface area contributed by atoms with Crippen LogP contribution in [-0.2, 0) is 0 Å². The highest BCUT2D eigenvalue weighted by atomic mass is 32.2. The second-order valence-electron chi connectivity index (χ2n) is 5.51. The fourth-order valence-electron chi connectivity index (χ4n) is 2.65. The third kappa shape index (κ3) is 3.11. The number of alkyl halides is 3. The number of nitrogens with one attached hydrogen (secondary N) is 1. The molecule has 0 bridgehead atoms. The van der Waals surface area contributed by atoms with Crippen LogP contribution in [0.25, 0.3) is 17.0 Å². The van der Waals surface area contributed by atoms with E-state index in [0.717, 1.165) is 11.8 Å². The molecule has 1 N–H and O–H groups in total. The fraction of sp³-hybridized carbons (Fsp3) is 0.357. The molecule has 130 valence electrons. The Balaban J connectivity index is 1.61. The minimum atomic E-state index is -4.18. The third-order valence-corrected chi connectivity index (χ3v) is 5.27. The van der Waals surface area contributed by atoms with Crippen LogP contribution in [0.5, 0.6) is 0 Å². The Kier molecular flexibility index (Phi) is 3.94. The summed E-state index contributed by atoms with van der Waals surface area (Å²) in [7, 11) is 0. The number of nitrogens with zero attached hydrogens (tertiary/aromatic N) is 6. The van der Waals surface area contributed by atoms with E-state index in [1.807, 2.05) is 0 Å². The van der Waals surface area contributed by atoms with Crippen molar-refractivity contribution in [1.29, 1.82) is 0 Å². The first-order valence-electron chi connectivity index (χ1n) is 7.43. The standard InChI is InChI=1S/C14H12F3N7S/c15-14(16,17)10-4-8(6-25-10)23-11-9-5-22-24(12(9)21-7-20-11)13-18-2-1-3-19-13/h1-3,5,7-8,10H,4,6H2,(H,20,21,23). The van der Waals surface area contributed by atoms with E-state index in [1.54, 1.807) is 24.7 Å². The van der Waals surface area contributed by atoms with Gasteiger partial charge in [0.1, 0.15) is 17.4 Å². The molecule has 7 nitrogen and oxygen atoms in total. The van der Waals surface area contributed by atoms with Gasteiger partial charge in [-0.15, -0.1) is 11.8 Å². The lowest BCUT2D eigenvalue weighted by Crippen LogP contribution is -2.27. The summed E-state index contributed by atoms with van der Waals surface area (Å²) < 4.78 is 39.9. The molecule has 0 saturated carbocycles. The molecule has 25 heavy (non-hydrogen) atoms. The van der Waals surface area contributed by atoms with Crippen molar-refractivity contribution in [2.45, 2.75) is 23.9 Å². The number of fused-ring (bicyclic) bond motifs is 1. The number of halogens is 3. The molecule has 1 aliphatic heterocycles. The van der Waals surface area contributed by atoms with E-state index >= 15 is 0 Å². The van der Waals surface area contributed by atoms with Crippen molar-refractivity contribution in [1.82, 2.24) is 29.7 Å². The Morgan fingerprint density at radius 2 is 1.96 bits per heavy atom. The van der Waals surface area contributed by atoms with E-state index in [2.05, 4.69) is 30.4 Å². The maximum Gasteiger partial charge on any atom is 0.400 e. The van der Waals surface area contributed by atoms with Crippen molar-refractivity contribution >= 4 is 28.6 Å². The van der Waals surface area contributed by atoms with Gasteiger partial charge in [0.2, 0.25) is 0 Å². The summed E-state index contributed by atoms with van der Waals surface area (Å²) in [6.07, 6.45) is 1.89. The topological polar surface area (TPSA) is 81.4 Å². The van der Waals surface area contributed by atoms with Crippen molar-refractivity contribution in [3.8, 4) is 5.95 Å². The first kappa shape index (κ1) is 16.1. The molecule has 2 unspecified atom stereocenters. The summed E-state index contributed by atoms with van der Waals surface area (Å²) in [5.41, 5.74) is 0.488. The predicted octanol–water partition coefficient (Wildman–Crippen LogP) is 2.45. The van der Waals surface area contributed by atoms with Gasteiger partial charge in [-0.1, -0.05) is 0 Å². The van der Waals surface area contributed by atoms with Crippen LogP contribution in [0.2, 0.25) is 0 Å². The largest absolute Gasteiger partial charge is 0.400 e. The third-order valence-electron chi connectivity index (χ3n) is 3.81. The molecule has 11 heteroatoms. The van der Waals surface area contributed by atoms with Crippen LogP contribution >= 0.6 is 11.8 Å². The zero-order valence-electron chi connectivity index (χ0n) is 12.7. The summed E-state index contributed by atoms with van der Waals surface area (Å²) in [4.78, 5) is 16.6. The van der Waals surface area contributed by atoms with Crippen LogP contribution in [0.4, 0.5) is 19.0 Å². The van der Waals surface area contributed by atoms with Crippen LogP contribution in [0.3, 0.4) is 0 Å². The van der Waals surface area contributed by atoms with Crippen LogP contribution in [-0.4, -0.2) is 52.9 Å². The van der Waals surface area contributed by atoms with Crippen LogP contribution < -0.4 is 5.32 Å². The van der Waals surface area contributed by atoms with E-state index in [9.17, 15) is 13.2 Å². The summed E-state index contributed by atoms with van der Waals surface area (Å²) in [5.74, 6) is 1.18. The van der Waals surface area contributed by atoms with E-state index in [1.165, 1.54) is 11.0 Å². The molecule has 0 amide bonds. The van der Waals surface area contributed by atoms with Crippen molar-refractivity contribution in [2.24, 2.45) is 0 Å². The van der Waals surface area contributed by atoms with E-state index < -0.39 is 11.4 Å². The number of hydrogen-bond donors (Lipinski definition) is 1. The monoisotopic (exact) mass is 367 g/mol. The molecule has 1 aliphatic rings. The van der Waals surface area contributed by atoms with Crippen molar-refractivity contribution in [3.63, 3.8) is 0 Å². The average Bonchev–Trinajstić information content (AvgIpc) is 3.23. The minimum Gasteiger partial charge on any atom is -0.366 e. The maximum absolute atomic E-state index is 12.8. The van der Waals surface area contributed by atoms with Gasteiger partial charge < -0.3 is 5.32 Å². The van der Waals surface area contributed by atoms with Gasteiger partial charge >= 0.3 is 6.18 Å². The van der Waals surface area contributed by atoms with Crippen molar-refractivity contribution in [2.75, 3.05) is 11.1 Å². The molecular formula is C14H12F3N7S. The smallest absolute Gasteiger partial charge is 0.366 e. The molecule has 1 saturated heterocycles. The summed E-state index contributed by atoms with van der Waals surface area (Å²) >= 11 is 0.912. The van der Waals surface area contributed by atoms with Gasteiger partial charge in [-0.05, 0) is 12.5 Å². The number of thioether (sulfide) groups is 1. The highest BCUT2D eigenvalue weighted by Crippen LogP contribution is 2.40. The Labute approximate surface area is 144 Å². The van der Waals surface area contributed by atoms with Gasteiger partial charge in [-0.25, -0.2) is 19.9 Å². The van der Waals surface area contributed by atoms with Crippen LogP contribution in [0.15, 0.2) is 31.0 Å². The second-order valence-corrected chi connectivity index (χ2v) is 6.74. The lowest BCUT2D eigenvalue weighted by Gasteiger charge is -2.15. The zero-order chi connectivity index (χ0) is 17.4. The summed E-state index contributed by atoms with van der Waals surface area (Å²) in [5, 5.41) is 6.57. The Morgan fingerprint density at radius 3 is 2.68 bits per heavy atom. The number of aromatic nitrogens is 6. The molecule has 0 aromatic carbocycles. The molecule has 0 radical (unpaired) electrons. The molecule has 0 aliphatic carbocycles. The van der Waals surface area contributed by atoms with Gasteiger partial charge in [0.15, 0.2) is 5.65 Å². The zero-order valence-corrected chi connectivity index (χ0v) is 13.5. The SMILES string of the molecule is FC(F)(F)C1CC(Nc2ncnc3c2cnn3-c2ncccn2)CS1. The number of anilines is 1. The second kappa shape index (κ2) is 6.14. The predicted molar refractivity (Wildman–Crippen MR) is 86.6 cm³/mol. The van der Waals surface area contributed by atoms with E-state index in [0.29, 0.717) is 28.6 Å². The Bertz CT molecular complexity index is 883. The van der Waals surface area contributed by atoms with Crippen molar-refractivity contribution in [3.05, 3.63) is 31.0 Å². The Morgan fingerprint density at radius 1 is 1.16 bits per heavy atom. The molecule has 1 fully saturated rings. The first-order valence-corrected chi connectivity index (χ1v) is 8.48. The quantitative estimate of drug-likeness (QED) is 0.761. The Hall–Kier alpha value is -2.43.